The fourth-order valence-corrected chi connectivity index (χ4v) is 3.49. The van der Waals surface area contributed by atoms with Crippen LogP contribution in [0.5, 0.6) is 11.5 Å². The van der Waals surface area contributed by atoms with Crippen molar-refractivity contribution in [2.75, 3.05) is 20.2 Å². The average Bonchev–Trinajstić information content (AvgIpc) is 2.85. The molecule has 0 saturated carbocycles. The third-order valence-electron chi connectivity index (χ3n) is 3.61. The fraction of sp³-hybridized carbons (Fsp3) is 0.353. The molecule has 140 valence electrons. The van der Waals surface area contributed by atoms with Gasteiger partial charge in [-0.2, -0.15) is 0 Å². The molecule has 9 heteroatoms. The van der Waals surface area contributed by atoms with Gasteiger partial charge in [0.2, 0.25) is 5.91 Å². The number of thioether (sulfide) groups is 1. The summed E-state index contributed by atoms with van der Waals surface area (Å²) in [6, 6.07) is 2.99. The number of methoxy groups -OCH3 is 1. The van der Waals surface area contributed by atoms with Crippen LogP contribution in [-0.2, 0) is 9.59 Å². The first-order valence-corrected chi connectivity index (χ1v) is 9.56. The van der Waals surface area contributed by atoms with Gasteiger partial charge in [-0.1, -0.05) is 29.3 Å². The summed E-state index contributed by atoms with van der Waals surface area (Å²) in [5, 5.41) is 11.9. The van der Waals surface area contributed by atoms with Gasteiger partial charge in [0.05, 0.1) is 12.0 Å². The molecular formula is C17H19BrN2O5S. The minimum atomic E-state index is -0.524. The van der Waals surface area contributed by atoms with Crippen LogP contribution in [0.25, 0.3) is 6.08 Å². The van der Waals surface area contributed by atoms with Crippen molar-refractivity contribution in [3.63, 3.8) is 0 Å². The molecule has 0 radical (unpaired) electrons. The summed E-state index contributed by atoms with van der Waals surface area (Å²) in [5.41, 5.74) is 0.567. The number of imide groups is 1. The zero-order chi connectivity index (χ0) is 19.3. The first-order valence-electron chi connectivity index (χ1n) is 7.96. The Balaban J connectivity index is 2.15. The van der Waals surface area contributed by atoms with E-state index in [2.05, 4.69) is 21.2 Å². The molecule has 2 N–H and O–H groups in total. The van der Waals surface area contributed by atoms with Gasteiger partial charge in [-0.25, -0.2) is 0 Å². The Bertz CT molecular complexity index is 766. The van der Waals surface area contributed by atoms with E-state index in [4.69, 9.17) is 4.74 Å². The first kappa shape index (κ1) is 20.3. The number of ether oxygens (including phenoxy) is 1. The Morgan fingerprint density at radius 3 is 2.81 bits per heavy atom. The molecule has 1 aliphatic heterocycles. The molecule has 1 aromatic carbocycles. The number of amides is 3. The third kappa shape index (κ3) is 4.79. The maximum atomic E-state index is 12.5. The predicted octanol–water partition coefficient (Wildman–Crippen LogP) is 3.12. The molecule has 26 heavy (non-hydrogen) atoms. The second-order valence-electron chi connectivity index (χ2n) is 5.52. The van der Waals surface area contributed by atoms with Gasteiger partial charge < -0.3 is 15.2 Å². The van der Waals surface area contributed by atoms with E-state index in [1.807, 2.05) is 6.92 Å². The summed E-state index contributed by atoms with van der Waals surface area (Å²) in [6.45, 7) is 2.22. The van der Waals surface area contributed by atoms with Gasteiger partial charge in [0.1, 0.15) is 6.54 Å². The molecule has 0 spiro atoms. The van der Waals surface area contributed by atoms with E-state index in [1.54, 1.807) is 6.07 Å². The Morgan fingerprint density at radius 2 is 2.15 bits per heavy atom. The van der Waals surface area contributed by atoms with Gasteiger partial charge in [0.15, 0.2) is 11.5 Å². The van der Waals surface area contributed by atoms with Crippen molar-refractivity contribution in [3.05, 3.63) is 27.1 Å². The lowest BCUT2D eigenvalue weighted by atomic mass is 10.2. The Labute approximate surface area is 163 Å². The number of rotatable bonds is 7. The predicted molar refractivity (Wildman–Crippen MR) is 103 cm³/mol. The summed E-state index contributed by atoms with van der Waals surface area (Å²) < 4.78 is 5.59. The van der Waals surface area contributed by atoms with Gasteiger partial charge in [-0.3, -0.25) is 19.3 Å². The van der Waals surface area contributed by atoms with Crippen LogP contribution in [0.15, 0.2) is 21.5 Å². The highest BCUT2D eigenvalue weighted by Gasteiger charge is 2.36. The normalized spacial score (nSPS) is 15.7. The number of phenolic OH excluding ortho intramolecular Hbond substituents is 1. The van der Waals surface area contributed by atoms with Crippen molar-refractivity contribution < 1.29 is 24.2 Å². The summed E-state index contributed by atoms with van der Waals surface area (Å²) in [5.74, 6) is -0.693. The number of aromatic hydroxyl groups is 1. The largest absolute Gasteiger partial charge is 0.504 e. The summed E-state index contributed by atoms with van der Waals surface area (Å²) in [7, 11) is 1.41. The van der Waals surface area contributed by atoms with Crippen LogP contribution in [0.1, 0.15) is 25.3 Å². The Morgan fingerprint density at radius 1 is 1.42 bits per heavy atom. The maximum Gasteiger partial charge on any atom is 0.294 e. The number of hydrogen-bond acceptors (Lipinski definition) is 6. The minimum Gasteiger partial charge on any atom is -0.504 e. The van der Waals surface area contributed by atoms with E-state index in [0.29, 0.717) is 16.6 Å². The number of nitrogens with one attached hydrogen (secondary N) is 1. The highest BCUT2D eigenvalue weighted by atomic mass is 79.9. The third-order valence-corrected chi connectivity index (χ3v) is 5.21. The van der Waals surface area contributed by atoms with Crippen LogP contribution in [0.2, 0.25) is 0 Å². The molecule has 2 rings (SSSR count). The second kappa shape index (κ2) is 9.09. The number of benzene rings is 1. The standard InChI is InChI=1S/C17H19BrN2O5S/c1-3-4-5-19-15(22)9-20-16(23)14(26-17(20)24)7-10-6-13(25-2)12(21)8-11(10)18/h6-8,21H,3-5,9H2,1-2H3,(H,19,22)/b14-7-. The highest BCUT2D eigenvalue weighted by Crippen LogP contribution is 2.37. The second-order valence-corrected chi connectivity index (χ2v) is 7.36. The molecule has 3 amide bonds. The van der Waals surface area contributed by atoms with E-state index < -0.39 is 11.1 Å². The number of phenols is 1. The number of hydrogen-bond donors (Lipinski definition) is 2. The maximum absolute atomic E-state index is 12.5. The number of unbranched alkanes of at least 4 members (excludes halogenated alkanes) is 1. The van der Waals surface area contributed by atoms with Gasteiger partial charge in [0.25, 0.3) is 11.1 Å². The monoisotopic (exact) mass is 442 g/mol. The van der Waals surface area contributed by atoms with Crippen molar-refractivity contribution >= 4 is 50.8 Å². The molecule has 1 saturated heterocycles. The van der Waals surface area contributed by atoms with Crippen molar-refractivity contribution in [3.8, 4) is 11.5 Å². The van der Waals surface area contributed by atoms with Crippen molar-refractivity contribution in [1.29, 1.82) is 0 Å². The first-order chi connectivity index (χ1) is 12.4. The highest BCUT2D eigenvalue weighted by molar-refractivity contribution is 9.10. The molecule has 1 aromatic rings. The molecular weight excluding hydrogens is 424 g/mol. The number of carbonyl (C=O) groups is 3. The SMILES string of the molecule is CCCCNC(=O)CN1C(=O)S/C(=C\c2cc(OC)c(O)cc2Br)C1=O. The van der Waals surface area contributed by atoms with Gasteiger partial charge in [0, 0.05) is 11.0 Å². The molecule has 1 fully saturated rings. The van der Waals surface area contributed by atoms with Crippen molar-refractivity contribution in [1.82, 2.24) is 10.2 Å². The van der Waals surface area contributed by atoms with Crippen LogP contribution in [0.3, 0.4) is 0 Å². The summed E-state index contributed by atoms with van der Waals surface area (Å²) >= 11 is 4.07. The van der Waals surface area contributed by atoms with E-state index >= 15 is 0 Å². The van der Waals surface area contributed by atoms with Crippen LogP contribution < -0.4 is 10.1 Å². The van der Waals surface area contributed by atoms with Crippen LogP contribution in [0, 0.1) is 0 Å². The van der Waals surface area contributed by atoms with Crippen LogP contribution in [0.4, 0.5) is 4.79 Å². The topological polar surface area (TPSA) is 95.9 Å². The molecule has 0 atom stereocenters. The average molecular weight is 443 g/mol. The molecule has 1 aliphatic rings. The lowest BCUT2D eigenvalue weighted by Gasteiger charge is -2.12. The van der Waals surface area contributed by atoms with Gasteiger partial charge in [-0.05, 0) is 42.0 Å². The van der Waals surface area contributed by atoms with E-state index in [0.717, 1.165) is 29.5 Å². The molecule has 0 unspecified atom stereocenters. The lowest BCUT2D eigenvalue weighted by molar-refractivity contribution is -0.129. The number of halogens is 1. The summed E-state index contributed by atoms with van der Waals surface area (Å²) in [4.78, 5) is 37.5. The fourth-order valence-electron chi connectivity index (χ4n) is 2.21. The lowest BCUT2D eigenvalue weighted by Crippen LogP contribution is -2.39. The van der Waals surface area contributed by atoms with Crippen LogP contribution in [-0.4, -0.2) is 47.3 Å². The van der Waals surface area contributed by atoms with E-state index in [-0.39, 0.29) is 28.9 Å². The Hall–Kier alpha value is -2.00. The smallest absolute Gasteiger partial charge is 0.294 e. The van der Waals surface area contributed by atoms with Gasteiger partial charge in [-0.15, -0.1) is 0 Å². The molecule has 1 heterocycles. The summed E-state index contributed by atoms with van der Waals surface area (Å²) in [6.07, 6.45) is 3.30. The number of nitrogens with zero attached hydrogens (tertiary/aromatic N) is 1. The molecule has 0 aliphatic carbocycles. The zero-order valence-corrected chi connectivity index (χ0v) is 16.8. The van der Waals surface area contributed by atoms with Gasteiger partial charge >= 0.3 is 0 Å². The number of carbonyl (C=O) groups excluding carboxylic acids is 3. The van der Waals surface area contributed by atoms with Crippen molar-refractivity contribution in [2.24, 2.45) is 0 Å². The minimum absolute atomic E-state index is 0.0478. The van der Waals surface area contributed by atoms with E-state index in [1.165, 1.54) is 19.3 Å². The van der Waals surface area contributed by atoms with E-state index in [9.17, 15) is 19.5 Å². The van der Waals surface area contributed by atoms with Crippen LogP contribution >= 0.6 is 27.7 Å². The quantitative estimate of drug-likeness (QED) is 0.497. The Kier molecular flexibility index (Phi) is 7.10. The van der Waals surface area contributed by atoms with Crippen molar-refractivity contribution in [2.45, 2.75) is 19.8 Å². The molecule has 0 aromatic heterocycles. The molecule has 7 nitrogen and oxygen atoms in total. The zero-order valence-electron chi connectivity index (χ0n) is 14.4. The molecule has 0 bridgehead atoms.